The summed E-state index contributed by atoms with van der Waals surface area (Å²) in [5.41, 5.74) is -2.63. The normalized spacial score (nSPS) is 18.5. The van der Waals surface area contributed by atoms with Gasteiger partial charge >= 0.3 is 12.1 Å². The van der Waals surface area contributed by atoms with E-state index in [1.54, 1.807) is 44.2 Å². The van der Waals surface area contributed by atoms with Gasteiger partial charge in [-0.15, -0.1) is 11.8 Å². The maximum absolute atomic E-state index is 14.6. The van der Waals surface area contributed by atoms with E-state index in [1.807, 2.05) is 13.8 Å². The average Bonchev–Trinajstić information content (AvgIpc) is 3.45. The fourth-order valence-electron chi connectivity index (χ4n) is 3.96. The minimum atomic E-state index is -4.87. The number of thioether (sulfide) groups is 1. The highest BCUT2D eigenvalue weighted by molar-refractivity contribution is 8.00. The summed E-state index contributed by atoms with van der Waals surface area (Å²) in [5.74, 6) is -1.49. The number of amides is 1. The predicted molar refractivity (Wildman–Crippen MR) is 145 cm³/mol. The van der Waals surface area contributed by atoms with Gasteiger partial charge < -0.3 is 14.5 Å². The van der Waals surface area contributed by atoms with Crippen molar-refractivity contribution < 1.29 is 32.4 Å². The molecule has 1 aromatic carbocycles. The zero-order valence-corrected chi connectivity index (χ0v) is 24.7. The van der Waals surface area contributed by atoms with Crippen molar-refractivity contribution in [2.75, 3.05) is 19.8 Å². The van der Waals surface area contributed by atoms with E-state index in [1.165, 1.54) is 32.8 Å². The number of aromatic nitrogens is 2. The standard InChI is InChI=1S/C25H35N5O7S2/c1-16(2)36-22(32)25(13-18-11-9-8-10-12-18,20(31)21-27-24(4,5)15-38-21)30(37-23(33)29(6)7)39(34,35)19-14-26-28-17(19)3/h8-12,14,16,21,27H,13,15H2,1-7H3,(H,26,28)/t21-,25+/m0/s1. The number of sulfonamides is 1. The molecule has 1 fully saturated rings. The third kappa shape index (κ3) is 6.45. The fourth-order valence-corrected chi connectivity index (χ4v) is 6.98. The molecule has 0 bridgehead atoms. The number of H-pyrrole nitrogens is 1. The number of hydrogen-bond acceptors (Lipinski definition) is 10. The molecule has 2 heterocycles. The summed E-state index contributed by atoms with van der Waals surface area (Å²) in [5, 5.41) is 8.51. The highest BCUT2D eigenvalue weighted by Gasteiger charge is 2.63. The molecule has 0 saturated carbocycles. The number of rotatable bonds is 10. The molecule has 1 amide bonds. The van der Waals surface area contributed by atoms with Crippen LogP contribution in [0, 0.1) is 6.92 Å². The van der Waals surface area contributed by atoms with Crippen molar-refractivity contribution in [2.24, 2.45) is 0 Å². The van der Waals surface area contributed by atoms with E-state index in [9.17, 15) is 22.8 Å². The Morgan fingerprint density at radius 1 is 1.21 bits per heavy atom. The summed E-state index contributed by atoms with van der Waals surface area (Å²) in [4.78, 5) is 47.7. The van der Waals surface area contributed by atoms with E-state index >= 15 is 0 Å². The topological polar surface area (TPSA) is 151 Å². The van der Waals surface area contributed by atoms with E-state index in [4.69, 9.17) is 9.57 Å². The number of aromatic amines is 1. The van der Waals surface area contributed by atoms with Gasteiger partial charge in [-0.1, -0.05) is 30.3 Å². The molecule has 0 aliphatic carbocycles. The zero-order valence-electron chi connectivity index (χ0n) is 23.0. The van der Waals surface area contributed by atoms with Crippen molar-refractivity contribution >= 4 is 39.6 Å². The Hall–Kier alpha value is -2.94. The van der Waals surface area contributed by atoms with Gasteiger partial charge in [-0.25, -0.2) is 18.0 Å². The number of benzene rings is 1. The SMILES string of the molecule is Cc1n[nH]cc1S(=O)(=O)N(OC(=O)N(C)C)[C@@](Cc1ccccc1)(C(=O)OC(C)C)C(=O)[C@H]1NC(C)(C)CS1. The smallest absolute Gasteiger partial charge is 0.429 e. The van der Waals surface area contributed by atoms with Crippen molar-refractivity contribution in [1.29, 1.82) is 0 Å². The minimum absolute atomic E-state index is 0.0497. The number of nitrogens with zero attached hydrogens (tertiary/aromatic N) is 3. The van der Waals surface area contributed by atoms with Crippen LogP contribution in [-0.2, 0) is 35.6 Å². The average molecular weight is 582 g/mol. The lowest BCUT2D eigenvalue weighted by molar-refractivity contribution is -0.182. The van der Waals surface area contributed by atoms with Gasteiger partial charge in [0.25, 0.3) is 10.0 Å². The monoisotopic (exact) mass is 581 g/mol. The lowest BCUT2D eigenvalue weighted by Gasteiger charge is -2.39. The molecule has 0 radical (unpaired) electrons. The summed E-state index contributed by atoms with van der Waals surface area (Å²) >= 11 is 1.23. The van der Waals surface area contributed by atoms with Crippen molar-refractivity contribution in [1.82, 2.24) is 24.9 Å². The number of ketones is 1. The van der Waals surface area contributed by atoms with Gasteiger partial charge in [-0.2, -0.15) is 5.10 Å². The lowest BCUT2D eigenvalue weighted by Crippen LogP contribution is -2.68. The van der Waals surface area contributed by atoms with Crippen molar-refractivity contribution in [3.8, 4) is 0 Å². The first-order chi connectivity index (χ1) is 18.1. The number of esters is 1. The molecule has 39 heavy (non-hydrogen) atoms. The number of hydroxylamine groups is 1. The molecule has 12 nitrogen and oxygen atoms in total. The number of hydrogen-bond donors (Lipinski definition) is 2. The molecule has 0 unspecified atom stereocenters. The van der Waals surface area contributed by atoms with Crippen molar-refractivity contribution in [2.45, 2.75) is 68.5 Å². The largest absolute Gasteiger partial charge is 0.461 e. The quantitative estimate of drug-likeness (QED) is 0.243. The maximum atomic E-state index is 14.6. The molecule has 1 saturated heterocycles. The van der Waals surface area contributed by atoms with Gasteiger partial charge in [0, 0.05) is 42.5 Å². The molecular weight excluding hydrogens is 546 g/mol. The van der Waals surface area contributed by atoms with Crippen LogP contribution >= 0.6 is 11.8 Å². The number of carbonyl (C=O) groups is 3. The molecule has 2 atom stereocenters. The number of nitrogens with one attached hydrogen (secondary N) is 2. The van der Waals surface area contributed by atoms with Crippen molar-refractivity contribution in [3.63, 3.8) is 0 Å². The van der Waals surface area contributed by atoms with Crippen molar-refractivity contribution in [3.05, 3.63) is 47.8 Å². The Balaban J connectivity index is 2.37. The van der Waals surface area contributed by atoms with E-state index in [2.05, 4.69) is 15.5 Å². The highest BCUT2D eigenvalue weighted by atomic mass is 32.2. The van der Waals surface area contributed by atoms with Crippen LogP contribution in [0.25, 0.3) is 0 Å². The van der Waals surface area contributed by atoms with Gasteiger partial charge in [0.1, 0.15) is 10.3 Å². The summed E-state index contributed by atoms with van der Waals surface area (Å²) in [6, 6.07) is 8.41. The van der Waals surface area contributed by atoms with Crippen LogP contribution in [0.5, 0.6) is 0 Å². The predicted octanol–water partition coefficient (Wildman–Crippen LogP) is 2.27. The number of aryl methyl sites for hydroxylation is 1. The molecular formula is C25H35N5O7S2. The Morgan fingerprint density at radius 2 is 1.85 bits per heavy atom. The van der Waals surface area contributed by atoms with Gasteiger partial charge in [-0.3, -0.25) is 15.2 Å². The van der Waals surface area contributed by atoms with Crippen LogP contribution in [0.4, 0.5) is 4.79 Å². The first kappa shape index (κ1) is 30.6. The molecule has 0 spiro atoms. The van der Waals surface area contributed by atoms with Crippen LogP contribution in [0.2, 0.25) is 0 Å². The second-order valence-electron chi connectivity index (χ2n) is 10.4. The van der Waals surface area contributed by atoms with Crippen LogP contribution in [-0.4, -0.2) is 88.2 Å². The zero-order chi connectivity index (χ0) is 29.2. The number of ether oxygens (including phenoxy) is 1. The third-order valence-corrected chi connectivity index (χ3v) is 9.23. The van der Waals surface area contributed by atoms with Crippen LogP contribution in [0.15, 0.2) is 41.4 Å². The summed E-state index contributed by atoms with van der Waals surface area (Å²) < 4.78 is 34.2. The Kier molecular flexibility index (Phi) is 9.15. The Morgan fingerprint density at radius 3 is 2.33 bits per heavy atom. The minimum Gasteiger partial charge on any atom is -0.461 e. The van der Waals surface area contributed by atoms with E-state index in [-0.39, 0.29) is 15.1 Å². The molecule has 14 heteroatoms. The van der Waals surface area contributed by atoms with Gasteiger partial charge in [0.05, 0.1) is 11.8 Å². The highest BCUT2D eigenvalue weighted by Crippen LogP contribution is 2.38. The number of carbonyl (C=O) groups excluding carboxylic acids is 3. The first-order valence-electron chi connectivity index (χ1n) is 12.3. The second-order valence-corrected chi connectivity index (χ2v) is 13.2. The molecule has 2 aromatic rings. The molecule has 2 N–H and O–H groups in total. The molecule has 1 aliphatic rings. The molecule has 1 aromatic heterocycles. The fraction of sp³-hybridized carbons (Fsp3) is 0.520. The third-order valence-electron chi connectivity index (χ3n) is 5.88. The van der Waals surface area contributed by atoms with Gasteiger partial charge in [0.15, 0.2) is 5.78 Å². The molecule has 214 valence electrons. The van der Waals surface area contributed by atoms with E-state index < -0.39 is 56.8 Å². The van der Waals surface area contributed by atoms with Gasteiger partial charge in [0.2, 0.25) is 5.54 Å². The first-order valence-corrected chi connectivity index (χ1v) is 14.7. The molecule has 1 aliphatic heterocycles. The number of Topliss-reactive ketones (excluding diaryl/α,β-unsaturated/α-hetero) is 1. The Bertz CT molecular complexity index is 1310. The van der Waals surface area contributed by atoms with E-state index in [0.29, 0.717) is 11.3 Å². The van der Waals surface area contributed by atoms with Crippen LogP contribution in [0.1, 0.15) is 39.0 Å². The summed E-state index contributed by atoms with van der Waals surface area (Å²) in [7, 11) is -2.17. The molecule has 3 rings (SSSR count). The van der Waals surface area contributed by atoms with Gasteiger partial charge in [-0.05, 0) is 40.2 Å². The van der Waals surface area contributed by atoms with Crippen LogP contribution < -0.4 is 5.32 Å². The maximum Gasteiger partial charge on any atom is 0.429 e. The summed E-state index contributed by atoms with van der Waals surface area (Å²) in [6.07, 6.45) is -1.20. The second kappa shape index (κ2) is 11.7. The summed E-state index contributed by atoms with van der Waals surface area (Å²) in [6.45, 7) is 8.35. The Labute approximate surface area is 232 Å². The lowest BCUT2D eigenvalue weighted by atomic mass is 9.86. The van der Waals surface area contributed by atoms with Crippen LogP contribution in [0.3, 0.4) is 0 Å². The van der Waals surface area contributed by atoms with E-state index in [0.717, 1.165) is 11.1 Å².